The zero-order chi connectivity index (χ0) is 35.6. The molecule has 17 nitrogen and oxygen atoms in total. The third-order valence-corrected chi connectivity index (χ3v) is 8.76. The van der Waals surface area contributed by atoms with Crippen molar-refractivity contribution in [1.82, 2.24) is 35.7 Å². The molecule has 5 amide bonds. The summed E-state index contributed by atoms with van der Waals surface area (Å²) in [6.45, 7) is 6.16. The van der Waals surface area contributed by atoms with E-state index >= 15 is 0 Å². The number of hydrogen-bond acceptors (Lipinski definition) is 12. The zero-order valence-corrected chi connectivity index (χ0v) is 29.7. The van der Waals surface area contributed by atoms with Gasteiger partial charge < -0.3 is 42.0 Å². The maximum Gasteiger partial charge on any atom is 0.319 e. The highest BCUT2D eigenvalue weighted by Crippen LogP contribution is 2.27. The second-order valence-corrected chi connectivity index (χ2v) is 12.7. The first-order valence-electron chi connectivity index (χ1n) is 16.0. The van der Waals surface area contributed by atoms with Crippen LogP contribution in [0.1, 0.15) is 66.8 Å². The van der Waals surface area contributed by atoms with Crippen molar-refractivity contribution in [2.75, 3.05) is 62.7 Å². The lowest BCUT2D eigenvalue weighted by molar-refractivity contribution is -0.152. The molecule has 2 aliphatic rings. The predicted molar refractivity (Wildman–Crippen MR) is 191 cm³/mol. The predicted octanol–water partition coefficient (Wildman–Crippen LogP) is 1.31. The number of anilines is 3. The summed E-state index contributed by atoms with van der Waals surface area (Å²) in [5.74, 6) is -1.23. The molecular weight excluding hydrogens is 749 g/mol. The molecule has 1 fully saturated rings. The van der Waals surface area contributed by atoms with Crippen molar-refractivity contribution in [3.05, 3.63) is 39.2 Å². The number of ether oxygens (including phenoxy) is 1. The van der Waals surface area contributed by atoms with Crippen LogP contribution in [0.3, 0.4) is 0 Å². The number of likely N-dealkylation sites (tertiary alicyclic amines) is 1. The van der Waals surface area contributed by atoms with Crippen LogP contribution < -0.4 is 32.7 Å². The van der Waals surface area contributed by atoms with Crippen LogP contribution in [-0.2, 0) is 14.3 Å². The van der Waals surface area contributed by atoms with Crippen LogP contribution in [0.15, 0.2) is 29.3 Å². The van der Waals surface area contributed by atoms with E-state index in [1.807, 2.05) is 36.4 Å². The van der Waals surface area contributed by atoms with E-state index in [0.29, 0.717) is 66.5 Å². The summed E-state index contributed by atoms with van der Waals surface area (Å²) >= 11 is 1.87. The summed E-state index contributed by atoms with van der Waals surface area (Å²) in [6.07, 6.45) is 2.71. The molecule has 0 atom stereocenters. The highest BCUT2D eigenvalue weighted by atomic mass is 127. The standard InChI is InChI=1S/C31H42IN11O6/c1-3-12-42(13-4-2)21(44)17-49-22(45)8-11-35-30(48)37-20-7-5-6-19(16-20)28(47)43-14-9-31(10-15-43)18-36-29(41-31)40-27(46)23-25(33)39-26(34)24(32)38-23/h5-7,16H,3-4,8-15,17-18H2,1-2H3,(H4,33,34,39)(H2,35,37,48)(H2,36,40,41,46). The minimum Gasteiger partial charge on any atom is -0.456 e. The molecule has 1 aromatic heterocycles. The summed E-state index contributed by atoms with van der Waals surface area (Å²) < 4.78 is 5.43. The molecule has 1 aromatic carbocycles. The molecule has 0 bridgehead atoms. The van der Waals surface area contributed by atoms with E-state index in [9.17, 15) is 24.0 Å². The lowest BCUT2D eigenvalue weighted by Crippen LogP contribution is -2.57. The van der Waals surface area contributed by atoms with E-state index in [0.717, 1.165) is 12.8 Å². The Morgan fingerprint density at radius 1 is 1.04 bits per heavy atom. The molecule has 3 heterocycles. The Balaban J connectivity index is 1.19. The molecule has 0 saturated carbocycles. The Morgan fingerprint density at radius 3 is 2.45 bits per heavy atom. The number of piperidine rings is 1. The van der Waals surface area contributed by atoms with Crippen LogP contribution in [0.4, 0.5) is 22.1 Å². The number of rotatable bonds is 12. The fourth-order valence-corrected chi connectivity index (χ4v) is 5.76. The molecule has 4 rings (SSSR count). The molecule has 8 N–H and O–H groups in total. The molecule has 0 radical (unpaired) electrons. The van der Waals surface area contributed by atoms with Gasteiger partial charge in [0.1, 0.15) is 3.70 Å². The second-order valence-electron chi connectivity index (χ2n) is 11.7. The van der Waals surface area contributed by atoms with Crippen molar-refractivity contribution >= 4 is 75.6 Å². The molecule has 0 unspecified atom stereocenters. The number of guanidine groups is 1. The van der Waals surface area contributed by atoms with Crippen molar-refractivity contribution < 1.29 is 28.7 Å². The van der Waals surface area contributed by atoms with Crippen molar-refractivity contribution in [3.8, 4) is 0 Å². The van der Waals surface area contributed by atoms with E-state index in [1.165, 1.54) is 0 Å². The number of nitrogen functional groups attached to an aromatic ring is 2. The van der Waals surface area contributed by atoms with Crippen molar-refractivity contribution in [3.63, 3.8) is 0 Å². The van der Waals surface area contributed by atoms with Crippen LogP contribution in [0.2, 0.25) is 0 Å². The van der Waals surface area contributed by atoms with Gasteiger partial charge in [-0.15, -0.1) is 0 Å². The first-order chi connectivity index (χ1) is 23.4. The average molecular weight is 792 g/mol. The van der Waals surface area contributed by atoms with Crippen LogP contribution >= 0.6 is 22.6 Å². The number of aliphatic imine (C=N–C) groups is 1. The van der Waals surface area contributed by atoms with Crippen molar-refractivity contribution in [2.24, 2.45) is 4.99 Å². The Labute approximate surface area is 297 Å². The minimum atomic E-state index is -0.592. The number of carbonyl (C=O) groups is 5. The van der Waals surface area contributed by atoms with E-state index < -0.39 is 23.4 Å². The number of nitrogens with one attached hydrogen (secondary N) is 4. The fourth-order valence-electron chi connectivity index (χ4n) is 5.40. The molecule has 18 heteroatoms. The normalized spacial score (nSPS) is 14.8. The molecule has 1 spiro atoms. The van der Waals surface area contributed by atoms with Crippen LogP contribution in [-0.4, -0.2) is 107 Å². The number of amides is 5. The number of nitrogens with two attached hydrogens (primary N) is 2. The fraction of sp³-hybridized carbons (Fsp3) is 0.484. The minimum absolute atomic E-state index is 0.00663. The number of carbonyl (C=O) groups excluding carboxylic acids is 5. The van der Waals surface area contributed by atoms with Crippen molar-refractivity contribution in [2.45, 2.75) is 51.5 Å². The summed E-state index contributed by atoms with van der Waals surface area (Å²) in [6, 6.07) is 6.03. The van der Waals surface area contributed by atoms with Gasteiger partial charge in [-0.1, -0.05) is 19.9 Å². The molecular formula is C31H42IN11O6. The Hall–Kier alpha value is -4.75. The topological polar surface area (TPSA) is 239 Å². The summed E-state index contributed by atoms with van der Waals surface area (Å²) in [5, 5.41) is 11.2. The number of nitrogens with zero attached hydrogens (tertiary/aromatic N) is 5. The van der Waals surface area contributed by atoms with Gasteiger partial charge in [-0.25, -0.2) is 14.8 Å². The number of aromatic nitrogens is 2. The highest BCUT2D eigenvalue weighted by Gasteiger charge is 2.40. The molecule has 1 saturated heterocycles. The largest absolute Gasteiger partial charge is 0.456 e. The highest BCUT2D eigenvalue weighted by molar-refractivity contribution is 14.1. The number of esters is 1. The van der Waals surface area contributed by atoms with Gasteiger partial charge in [0.15, 0.2) is 29.9 Å². The number of benzene rings is 1. The molecule has 49 heavy (non-hydrogen) atoms. The molecule has 2 aliphatic heterocycles. The third kappa shape index (κ3) is 10.1. The van der Waals surface area contributed by atoms with Gasteiger partial charge in [0.05, 0.1) is 18.5 Å². The summed E-state index contributed by atoms with van der Waals surface area (Å²) in [5.41, 5.74) is 11.9. The number of hydrogen-bond donors (Lipinski definition) is 6. The maximum atomic E-state index is 13.3. The van der Waals surface area contributed by atoms with Gasteiger partial charge in [-0.3, -0.25) is 29.5 Å². The second kappa shape index (κ2) is 17.1. The monoisotopic (exact) mass is 791 g/mol. The van der Waals surface area contributed by atoms with Gasteiger partial charge in [0.2, 0.25) is 0 Å². The van der Waals surface area contributed by atoms with E-state index in [-0.39, 0.29) is 48.7 Å². The Morgan fingerprint density at radius 2 is 1.76 bits per heavy atom. The van der Waals surface area contributed by atoms with Crippen LogP contribution in [0.25, 0.3) is 0 Å². The van der Waals surface area contributed by atoms with Gasteiger partial charge in [-0.05, 0) is 66.5 Å². The van der Waals surface area contributed by atoms with Crippen molar-refractivity contribution in [1.29, 1.82) is 0 Å². The molecule has 0 aliphatic carbocycles. The quantitative estimate of drug-likeness (QED) is 0.132. The van der Waals surface area contributed by atoms with E-state index in [4.69, 9.17) is 16.2 Å². The lowest BCUT2D eigenvalue weighted by Gasteiger charge is -2.39. The average Bonchev–Trinajstić information content (AvgIpc) is 3.46. The first-order valence-corrected chi connectivity index (χ1v) is 17.1. The maximum absolute atomic E-state index is 13.3. The summed E-state index contributed by atoms with van der Waals surface area (Å²) in [7, 11) is 0. The van der Waals surface area contributed by atoms with Crippen LogP contribution in [0.5, 0.6) is 0 Å². The lowest BCUT2D eigenvalue weighted by atomic mass is 9.88. The third-order valence-electron chi connectivity index (χ3n) is 7.96. The van der Waals surface area contributed by atoms with Gasteiger partial charge in [0.25, 0.3) is 17.7 Å². The van der Waals surface area contributed by atoms with Gasteiger partial charge >= 0.3 is 12.0 Å². The van der Waals surface area contributed by atoms with E-state index in [2.05, 4.69) is 36.2 Å². The number of urea groups is 1. The van der Waals surface area contributed by atoms with Gasteiger partial charge in [-0.2, -0.15) is 0 Å². The smallest absolute Gasteiger partial charge is 0.319 e. The van der Waals surface area contributed by atoms with Crippen LogP contribution in [0, 0.1) is 3.70 Å². The molecule has 2 aromatic rings. The molecule has 264 valence electrons. The first kappa shape index (κ1) is 37.1. The van der Waals surface area contributed by atoms with E-state index in [1.54, 1.807) is 34.1 Å². The SMILES string of the molecule is CCCN(CCC)C(=O)COC(=O)CCNC(=O)Nc1cccc(C(=O)N2CCC3(CC2)CN=C(NC(=O)c2nc(I)c(N)nc2N)N3)c1. The summed E-state index contributed by atoms with van der Waals surface area (Å²) in [4.78, 5) is 78.8. The zero-order valence-electron chi connectivity index (χ0n) is 27.5. The number of halogens is 1. The van der Waals surface area contributed by atoms with Gasteiger partial charge in [0, 0.05) is 44.0 Å². The Bertz CT molecular complexity index is 1590. The Kier molecular flexibility index (Phi) is 12.9.